The monoisotopic (exact) mass is 274 g/mol. The molecule has 7 heteroatoms. The third-order valence-corrected chi connectivity index (χ3v) is 2.64. The summed E-state index contributed by atoms with van der Waals surface area (Å²) in [4.78, 5) is 12.1. The number of anilines is 1. The maximum atomic E-state index is 5.75. The summed E-state index contributed by atoms with van der Waals surface area (Å²) in [6, 6.07) is 0.444. The van der Waals surface area contributed by atoms with Crippen molar-refractivity contribution < 1.29 is 9.47 Å². The minimum absolute atomic E-state index is 0.0643. The van der Waals surface area contributed by atoms with Crippen LogP contribution in [0.15, 0.2) is 0 Å². The highest BCUT2D eigenvalue weighted by atomic mass is 35.5. The van der Waals surface area contributed by atoms with Gasteiger partial charge in [-0.1, -0.05) is 13.8 Å². The molecule has 0 atom stereocenters. The van der Waals surface area contributed by atoms with Crippen molar-refractivity contribution in [3.05, 3.63) is 0 Å². The maximum Gasteiger partial charge on any atom is 0.324 e. The van der Waals surface area contributed by atoms with Crippen molar-refractivity contribution in [3.63, 3.8) is 0 Å². The Balaban J connectivity index is 2.72. The third kappa shape index (κ3) is 4.52. The van der Waals surface area contributed by atoms with E-state index in [2.05, 4.69) is 34.1 Å². The normalized spacial score (nSPS) is 11.2. The van der Waals surface area contributed by atoms with Gasteiger partial charge in [0, 0.05) is 12.4 Å². The first-order valence-corrected chi connectivity index (χ1v) is 6.18. The molecular weight excluding hydrogens is 256 g/mol. The van der Waals surface area contributed by atoms with Gasteiger partial charge in [0.25, 0.3) is 0 Å². The summed E-state index contributed by atoms with van der Waals surface area (Å²) in [7, 11) is 2.99. The third-order valence-electron chi connectivity index (χ3n) is 2.46. The first-order valence-electron chi connectivity index (χ1n) is 5.64. The lowest BCUT2D eigenvalue weighted by Crippen LogP contribution is -2.24. The van der Waals surface area contributed by atoms with Gasteiger partial charge in [0.1, 0.15) is 0 Å². The van der Waals surface area contributed by atoms with Crippen LogP contribution in [0.4, 0.5) is 5.95 Å². The van der Waals surface area contributed by atoms with E-state index >= 15 is 0 Å². The van der Waals surface area contributed by atoms with E-state index in [0.29, 0.717) is 18.4 Å². The highest BCUT2D eigenvalue weighted by Crippen LogP contribution is 2.21. The zero-order valence-electron chi connectivity index (χ0n) is 11.2. The molecule has 1 aromatic rings. The van der Waals surface area contributed by atoms with Crippen LogP contribution < -0.4 is 14.8 Å². The van der Waals surface area contributed by atoms with Gasteiger partial charge in [-0.15, -0.1) is 16.6 Å². The number of ether oxygens (including phenoxy) is 2. The van der Waals surface area contributed by atoms with E-state index in [1.165, 1.54) is 14.2 Å². The van der Waals surface area contributed by atoms with Crippen LogP contribution in [-0.2, 0) is 0 Å². The van der Waals surface area contributed by atoms with E-state index in [0.717, 1.165) is 6.42 Å². The molecule has 102 valence electrons. The fourth-order valence-corrected chi connectivity index (χ4v) is 1.77. The van der Waals surface area contributed by atoms with Crippen LogP contribution in [0.1, 0.15) is 20.3 Å². The predicted molar refractivity (Wildman–Crippen MR) is 70.5 cm³/mol. The average molecular weight is 275 g/mol. The molecule has 0 radical (unpaired) electrons. The number of nitrogens with one attached hydrogen (secondary N) is 1. The number of alkyl halides is 1. The lowest BCUT2D eigenvalue weighted by Gasteiger charge is -2.23. The average Bonchev–Trinajstić information content (AvgIpc) is 2.36. The summed E-state index contributed by atoms with van der Waals surface area (Å²) in [5, 5.41) is 3.14. The maximum absolute atomic E-state index is 5.75. The molecule has 0 saturated carbocycles. The standard InChI is InChI=1S/C11H19ClN4O2/c1-11(2,5-6-12)7-13-8-14-9(17-3)16-10(15-8)18-4/h5-7H2,1-4H3,(H,13,14,15,16). The Kier molecular flexibility index (Phi) is 5.40. The van der Waals surface area contributed by atoms with Gasteiger partial charge in [0.05, 0.1) is 14.2 Å². The van der Waals surface area contributed by atoms with Gasteiger partial charge in [-0.05, 0) is 11.8 Å². The van der Waals surface area contributed by atoms with E-state index in [1.807, 2.05) is 0 Å². The number of nitrogens with zero attached hydrogens (tertiary/aromatic N) is 3. The molecule has 1 N–H and O–H groups in total. The molecule has 0 spiro atoms. The molecule has 0 aliphatic rings. The number of aromatic nitrogens is 3. The molecule has 0 saturated heterocycles. The molecular formula is C11H19ClN4O2. The van der Waals surface area contributed by atoms with Gasteiger partial charge >= 0.3 is 12.0 Å². The van der Waals surface area contributed by atoms with Gasteiger partial charge in [-0.25, -0.2) is 0 Å². The quantitative estimate of drug-likeness (QED) is 0.767. The summed E-state index contributed by atoms with van der Waals surface area (Å²) < 4.78 is 9.95. The summed E-state index contributed by atoms with van der Waals surface area (Å²) >= 11 is 5.75. The number of halogens is 1. The van der Waals surface area contributed by atoms with Crippen molar-refractivity contribution >= 4 is 17.5 Å². The van der Waals surface area contributed by atoms with Gasteiger partial charge < -0.3 is 14.8 Å². The Labute approximate surface area is 112 Å². The van der Waals surface area contributed by atoms with Crippen LogP contribution in [0, 0.1) is 5.41 Å². The predicted octanol–water partition coefficient (Wildman–Crippen LogP) is 1.96. The molecule has 0 amide bonds. The SMILES string of the molecule is COc1nc(NCC(C)(C)CCCl)nc(OC)n1. The molecule has 0 aliphatic carbocycles. The number of hydrogen-bond donors (Lipinski definition) is 1. The van der Waals surface area contributed by atoms with Crippen molar-refractivity contribution in [2.75, 3.05) is 32.0 Å². The zero-order valence-corrected chi connectivity index (χ0v) is 11.9. The van der Waals surface area contributed by atoms with Gasteiger partial charge in [-0.3, -0.25) is 0 Å². The summed E-state index contributed by atoms with van der Waals surface area (Å²) in [5.74, 6) is 1.06. The first kappa shape index (κ1) is 14.8. The molecule has 18 heavy (non-hydrogen) atoms. The van der Waals surface area contributed by atoms with E-state index < -0.39 is 0 Å². The van der Waals surface area contributed by atoms with Gasteiger partial charge in [-0.2, -0.15) is 9.97 Å². The Morgan fingerprint density at radius 3 is 2.11 bits per heavy atom. The Bertz CT molecular complexity index is 365. The minimum atomic E-state index is 0.0643. The fraction of sp³-hybridized carbons (Fsp3) is 0.727. The van der Waals surface area contributed by atoms with Crippen LogP contribution in [0.2, 0.25) is 0 Å². The van der Waals surface area contributed by atoms with E-state index in [9.17, 15) is 0 Å². The van der Waals surface area contributed by atoms with Crippen molar-refractivity contribution in [1.82, 2.24) is 15.0 Å². The number of methoxy groups -OCH3 is 2. The second kappa shape index (κ2) is 6.58. The molecule has 6 nitrogen and oxygen atoms in total. The topological polar surface area (TPSA) is 69.2 Å². The largest absolute Gasteiger partial charge is 0.467 e. The van der Waals surface area contributed by atoms with E-state index in [4.69, 9.17) is 21.1 Å². The van der Waals surface area contributed by atoms with Crippen molar-refractivity contribution in [2.24, 2.45) is 5.41 Å². The highest BCUT2D eigenvalue weighted by Gasteiger charge is 2.18. The van der Waals surface area contributed by atoms with Crippen molar-refractivity contribution in [1.29, 1.82) is 0 Å². The molecule has 0 unspecified atom stereocenters. The molecule has 1 aromatic heterocycles. The minimum Gasteiger partial charge on any atom is -0.467 e. The van der Waals surface area contributed by atoms with E-state index in [1.54, 1.807) is 0 Å². The van der Waals surface area contributed by atoms with E-state index in [-0.39, 0.29) is 17.4 Å². The lowest BCUT2D eigenvalue weighted by atomic mass is 9.90. The van der Waals surface area contributed by atoms with Crippen LogP contribution in [-0.4, -0.2) is 41.6 Å². The summed E-state index contributed by atoms with van der Waals surface area (Å²) in [6.45, 7) is 4.95. The van der Waals surface area contributed by atoms with Gasteiger partial charge in [0.15, 0.2) is 0 Å². The van der Waals surface area contributed by atoms with Crippen molar-refractivity contribution in [3.8, 4) is 12.0 Å². The Morgan fingerprint density at radius 2 is 1.67 bits per heavy atom. The zero-order chi connectivity index (χ0) is 13.6. The molecule has 0 aliphatic heterocycles. The summed E-state index contributed by atoms with van der Waals surface area (Å²) in [5.41, 5.74) is 0.0643. The first-order chi connectivity index (χ1) is 8.50. The second-order valence-electron chi connectivity index (χ2n) is 4.59. The number of hydrogen-bond acceptors (Lipinski definition) is 6. The van der Waals surface area contributed by atoms with Crippen LogP contribution >= 0.6 is 11.6 Å². The smallest absolute Gasteiger partial charge is 0.324 e. The summed E-state index contributed by atoms with van der Waals surface area (Å²) in [6.07, 6.45) is 0.904. The van der Waals surface area contributed by atoms with Gasteiger partial charge in [0.2, 0.25) is 5.95 Å². The molecule has 0 aromatic carbocycles. The van der Waals surface area contributed by atoms with Crippen LogP contribution in [0.25, 0.3) is 0 Å². The fourth-order valence-electron chi connectivity index (χ4n) is 1.26. The Morgan fingerprint density at radius 1 is 1.11 bits per heavy atom. The second-order valence-corrected chi connectivity index (χ2v) is 4.97. The van der Waals surface area contributed by atoms with Crippen LogP contribution in [0.5, 0.6) is 12.0 Å². The highest BCUT2D eigenvalue weighted by molar-refractivity contribution is 6.17. The lowest BCUT2D eigenvalue weighted by molar-refractivity contribution is 0.339. The molecule has 0 bridgehead atoms. The molecule has 1 heterocycles. The Hall–Kier alpha value is -1.30. The molecule has 1 rings (SSSR count). The van der Waals surface area contributed by atoms with Crippen molar-refractivity contribution in [2.45, 2.75) is 20.3 Å². The molecule has 0 fully saturated rings. The van der Waals surface area contributed by atoms with Crippen LogP contribution in [0.3, 0.4) is 0 Å². The number of rotatable bonds is 7.